The smallest absolute Gasteiger partial charge is 0.282 e. The van der Waals surface area contributed by atoms with E-state index < -0.39 is 11.8 Å². The minimum Gasteiger partial charge on any atom is -0.497 e. The van der Waals surface area contributed by atoms with Crippen LogP contribution < -0.4 is 19.7 Å². The molecule has 0 aliphatic carbocycles. The largest absolute Gasteiger partial charge is 0.497 e. The van der Waals surface area contributed by atoms with Gasteiger partial charge < -0.3 is 14.8 Å². The summed E-state index contributed by atoms with van der Waals surface area (Å²) in [5.41, 5.74) is 3.95. The van der Waals surface area contributed by atoms with Crippen LogP contribution in [0.2, 0.25) is 5.02 Å². The average molecular weight is 463 g/mol. The first kappa shape index (κ1) is 22.4. The minimum atomic E-state index is -0.481. The van der Waals surface area contributed by atoms with Crippen LogP contribution in [0.25, 0.3) is 5.57 Å². The molecule has 1 heterocycles. The highest BCUT2D eigenvalue weighted by molar-refractivity contribution is 6.46. The summed E-state index contributed by atoms with van der Waals surface area (Å²) in [6, 6.07) is 17.6. The molecular formula is C26H23ClN2O4. The van der Waals surface area contributed by atoms with Gasteiger partial charge in [-0.3, -0.25) is 9.59 Å². The first-order valence-electron chi connectivity index (χ1n) is 10.3. The van der Waals surface area contributed by atoms with Crippen molar-refractivity contribution in [1.82, 2.24) is 0 Å². The molecule has 33 heavy (non-hydrogen) atoms. The van der Waals surface area contributed by atoms with Crippen LogP contribution in [-0.2, 0) is 9.59 Å². The fourth-order valence-corrected chi connectivity index (χ4v) is 4.06. The molecule has 168 valence electrons. The van der Waals surface area contributed by atoms with Crippen molar-refractivity contribution >= 4 is 40.4 Å². The molecule has 3 aromatic rings. The molecule has 0 saturated carbocycles. The number of carbonyl (C=O) groups excluding carboxylic acids is 2. The summed E-state index contributed by atoms with van der Waals surface area (Å²) >= 11 is 6.19. The van der Waals surface area contributed by atoms with Crippen molar-refractivity contribution in [1.29, 1.82) is 0 Å². The lowest BCUT2D eigenvalue weighted by Crippen LogP contribution is -2.32. The third kappa shape index (κ3) is 4.17. The Kier molecular flexibility index (Phi) is 6.11. The van der Waals surface area contributed by atoms with E-state index in [1.807, 2.05) is 32.0 Å². The molecule has 4 rings (SSSR count). The van der Waals surface area contributed by atoms with Crippen LogP contribution in [0.15, 0.2) is 66.4 Å². The van der Waals surface area contributed by atoms with Crippen molar-refractivity contribution < 1.29 is 19.1 Å². The van der Waals surface area contributed by atoms with Gasteiger partial charge in [-0.15, -0.1) is 0 Å². The summed E-state index contributed by atoms with van der Waals surface area (Å²) < 4.78 is 10.7. The Bertz CT molecular complexity index is 1300. The molecule has 0 fully saturated rings. The summed E-state index contributed by atoms with van der Waals surface area (Å²) in [6.45, 7) is 3.89. The number of carbonyl (C=O) groups is 2. The number of anilines is 2. The van der Waals surface area contributed by atoms with Crippen LogP contribution in [0.3, 0.4) is 0 Å². The van der Waals surface area contributed by atoms with Gasteiger partial charge >= 0.3 is 0 Å². The quantitative estimate of drug-likeness (QED) is 0.499. The maximum Gasteiger partial charge on any atom is 0.282 e. The van der Waals surface area contributed by atoms with E-state index in [-0.39, 0.29) is 11.3 Å². The second kappa shape index (κ2) is 9.00. The van der Waals surface area contributed by atoms with Crippen LogP contribution in [0.5, 0.6) is 11.5 Å². The van der Waals surface area contributed by atoms with Crippen molar-refractivity contribution in [3.63, 3.8) is 0 Å². The molecule has 0 unspecified atom stereocenters. The van der Waals surface area contributed by atoms with E-state index in [0.29, 0.717) is 33.5 Å². The number of imide groups is 1. The van der Waals surface area contributed by atoms with Gasteiger partial charge in [0, 0.05) is 11.1 Å². The summed E-state index contributed by atoms with van der Waals surface area (Å²) in [6.07, 6.45) is 0. The second-order valence-corrected chi connectivity index (χ2v) is 8.12. The minimum absolute atomic E-state index is 0.148. The van der Waals surface area contributed by atoms with E-state index in [4.69, 9.17) is 21.1 Å². The van der Waals surface area contributed by atoms with Crippen molar-refractivity contribution in [2.24, 2.45) is 0 Å². The molecule has 3 aromatic carbocycles. The van der Waals surface area contributed by atoms with Crippen LogP contribution in [0.4, 0.5) is 11.4 Å². The van der Waals surface area contributed by atoms with Gasteiger partial charge in [0.25, 0.3) is 11.8 Å². The maximum absolute atomic E-state index is 13.7. The number of ether oxygens (including phenoxy) is 2. The Morgan fingerprint density at radius 2 is 1.67 bits per heavy atom. The topological polar surface area (TPSA) is 67.9 Å². The molecule has 0 radical (unpaired) electrons. The standard InChI is InChI=1S/C26H23ClN2O4/c1-15-8-10-20(16(2)12-15)23-24(28-21-13-17(27)9-11-22(21)33-4)26(31)29(25(23)30)18-6-5-7-19(14-18)32-3/h5-14,28H,1-4H3. The summed E-state index contributed by atoms with van der Waals surface area (Å²) in [5.74, 6) is 0.125. The average Bonchev–Trinajstić information content (AvgIpc) is 3.03. The zero-order valence-electron chi connectivity index (χ0n) is 18.7. The number of amides is 2. The summed E-state index contributed by atoms with van der Waals surface area (Å²) in [7, 11) is 3.06. The lowest BCUT2D eigenvalue weighted by molar-refractivity contribution is -0.120. The Morgan fingerprint density at radius 1 is 0.879 bits per heavy atom. The fraction of sp³-hybridized carbons (Fsp3) is 0.154. The predicted octanol–water partition coefficient (Wildman–Crippen LogP) is 5.37. The van der Waals surface area contributed by atoms with E-state index in [1.165, 1.54) is 14.2 Å². The summed E-state index contributed by atoms with van der Waals surface area (Å²) in [4.78, 5) is 28.5. The highest BCUT2D eigenvalue weighted by atomic mass is 35.5. The second-order valence-electron chi connectivity index (χ2n) is 7.69. The van der Waals surface area contributed by atoms with Gasteiger partial charge in [0.15, 0.2) is 0 Å². The van der Waals surface area contributed by atoms with Crippen molar-refractivity contribution in [2.45, 2.75) is 13.8 Å². The zero-order chi connectivity index (χ0) is 23.7. The number of benzene rings is 3. The first-order valence-corrected chi connectivity index (χ1v) is 10.7. The fourth-order valence-electron chi connectivity index (χ4n) is 3.89. The van der Waals surface area contributed by atoms with Crippen LogP contribution in [-0.4, -0.2) is 26.0 Å². The summed E-state index contributed by atoms with van der Waals surface area (Å²) in [5, 5.41) is 3.59. The van der Waals surface area contributed by atoms with E-state index in [2.05, 4.69) is 5.32 Å². The number of aryl methyl sites for hydroxylation is 2. The van der Waals surface area contributed by atoms with Crippen molar-refractivity contribution in [2.75, 3.05) is 24.4 Å². The Balaban J connectivity index is 1.89. The normalized spacial score (nSPS) is 13.5. The third-order valence-corrected chi connectivity index (χ3v) is 5.70. The van der Waals surface area contributed by atoms with Gasteiger partial charge in [0.1, 0.15) is 17.2 Å². The Morgan fingerprint density at radius 3 is 2.36 bits per heavy atom. The molecule has 1 N–H and O–H groups in total. The van der Waals surface area contributed by atoms with Gasteiger partial charge in [-0.25, -0.2) is 4.90 Å². The molecule has 0 spiro atoms. The molecular weight excluding hydrogens is 440 g/mol. The highest BCUT2D eigenvalue weighted by Gasteiger charge is 2.41. The van der Waals surface area contributed by atoms with Gasteiger partial charge in [0.05, 0.1) is 31.2 Å². The van der Waals surface area contributed by atoms with E-state index >= 15 is 0 Å². The Labute approximate surface area is 197 Å². The monoisotopic (exact) mass is 462 g/mol. The maximum atomic E-state index is 13.7. The Hall–Kier alpha value is -3.77. The first-order chi connectivity index (χ1) is 15.8. The number of nitrogens with zero attached hydrogens (tertiary/aromatic N) is 1. The number of methoxy groups -OCH3 is 2. The van der Waals surface area contributed by atoms with Gasteiger partial charge in [-0.05, 0) is 55.3 Å². The van der Waals surface area contributed by atoms with Gasteiger partial charge in [-0.2, -0.15) is 0 Å². The van der Waals surface area contributed by atoms with Gasteiger partial charge in [-0.1, -0.05) is 41.4 Å². The predicted molar refractivity (Wildman–Crippen MR) is 130 cm³/mol. The van der Waals surface area contributed by atoms with Crippen molar-refractivity contribution in [3.05, 3.63) is 88.1 Å². The lowest BCUT2D eigenvalue weighted by Gasteiger charge is -2.17. The van der Waals surface area contributed by atoms with Gasteiger partial charge in [0.2, 0.25) is 0 Å². The van der Waals surface area contributed by atoms with Crippen LogP contribution in [0, 0.1) is 13.8 Å². The van der Waals surface area contributed by atoms with E-state index in [1.54, 1.807) is 42.5 Å². The molecule has 0 aromatic heterocycles. The SMILES string of the molecule is COc1cccc(N2C(=O)C(Nc3cc(Cl)ccc3OC)=C(c3ccc(C)cc3C)C2=O)c1. The molecule has 1 aliphatic rings. The number of hydrogen-bond acceptors (Lipinski definition) is 5. The number of nitrogens with one attached hydrogen (secondary N) is 1. The van der Waals surface area contributed by atoms with Crippen LogP contribution in [0.1, 0.15) is 16.7 Å². The number of rotatable bonds is 6. The highest BCUT2D eigenvalue weighted by Crippen LogP contribution is 2.38. The molecule has 2 amide bonds. The number of halogens is 1. The lowest BCUT2D eigenvalue weighted by atomic mass is 9.97. The van der Waals surface area contributed by atoms with E-state index in [9.17, 15) is 9.59 Å². The molecule has 0 saturated heterocycles. The molecule has 6 nitrogen and oxygen atoms in total. The third-order valence-electron chi connectivity index (χ3n) is 5.47. The van der Waals surface area contributed by atoms with Crippen molar-refractivity contribution in [3.8, 4) is 11.5 Å². The molecule has 7 heteroatoms. The van der Waals surface area contributed by atoms with E-state index in [0.717, 1.165) is 16.0 Å². The molecule has 1 aliphatic heterocycles. The number of hydrogen-bond donors (Lipinski definition) is 1. The zero-order valence-corrected chi connectivity index (χ0v) is 19.5. The molecule has 0 bridgehead atoms. The van der Waals surface area contributed by atoms with Crippen LogP contribution >= 0.6 is 11.6 Å². The molecule has 0 atom stereocenters.